The highest BCUT2D eigenvalue weighted by molar-refractivity contribution is 5.96. The van der Waals surface area contributed by atoms with Crippen molar-refractivity contribution in [1.82, 2.24) is 15.2 Å². The molecule has 2 aliphatic heterocycles. The van der Waals surface area contributed by atoms with Crippen molar-refractivity contribution in [1.29, 1.82) is 0 Å². The average molecular weight is 628 g/mol. The predicted octanol–water partition coefficient (Wildman–Crippen LogP) is 3.36. The molecule has 240 valence electrons. The van der Waals surface area contributed by atoms with Crippen LogP contribution in [0.25, 0.3) is 0 Å². The molecule has 3 aromatic rings. The summed E-state index contributed by atoms with van der Waals surface area (Å²) in [6.45, 7) is 3.00. The Morgan fingerprint density at radius 2 is 1.60 bits per heavy atom. The Hall–Kier alpha value is -4.04. The number of benzene rings is 2. The minimum Gasteiger partial charge on any atom is -0.447 e. The molecule has 4 N–H and O–H groups in total. The highest BCUT2D eigenvalue weighted by Crippen LogP contribution is 2.29. The van der Waals surface area contributed by atoms with Crippen molar-refractivity contribution < 1.29 is 37.0 Å². The molecule has 2 aromatic carbocycles. The molecule has 2 amide bonds. The summed E-state index contributed by atoms with van der Waals surface area (Å²) in [6, 6.07) is 9.89. The Morgan fingerprint density at radius 1 is 0.978 bits per heavy atom. The van der Waals surface area contributed by atoms with Crippen LogP contribution in [0.4, 0.5) is 23.7 Å². The number of nitrogens with two attached hydrogens (primary N) is 1. The summed E-state index contributed by atoms with van der Waals surface area (Å²) in [5.41, 5.74) is 7.95. The first kappa shape index (κ1) is 32.4. The van der Waals surface area contributed by atoms with Gasteiger partial charge in [-0.2, -0.15) is 0 Å². The van der Waals surface area contributed by atoms with Crippen molar-refractivity contribution in [3.05, 3.63) is 95.1 Å². The number of carbonyl (C=O) groups is 2. The first-order valence-corrected chi connectivity index (χ1v) is 14.8. The lowest BCUT2D eigenvalue weighted by Crippen LogP contribution is -2.48. The summed E-state index contributed by atoms with van der Waals surface area (Å²) < 4.78 is 59.2. The van der Waals surface area contributed by atoms with E-state index in [2.05, 4.69) is 15.6 Å². The van der Waals surface area contributed by atoms with E-state index in [0.717, 1.165) is 6.20 Å². The van der Waals surface area contributed by atoms with E-state index in [9.17, 15) is 18.4 Å². The molecule has 3 heterocycles. The fourth-order valence-corrected chi connectivity index (χ4v) is 5.49. The van der Waals surface area contributed by atoms with Crippen molar-refractivity contribution in [3.63, 3.8) is 0 Å². The number of ether oxygens (including phenoxy) is 3. The maximum Gasteiger partial charge on any atom is 0.410 e. The van der Waals surface area contributed by atoms with E-state index in [1.165, 1.54) is 54.7 Å². The van der Waals surface area contributed by atoms with Gasteiger partial charge >= 0.3 is 6.09 Å². The second-order valence-corrected chi connectivity index (χ2v) is 11.0. The summed E-state index contributed by atoms with van der Waals surface area (Å²) in [6.07, 6.45) is 1.95. The van der Waals surface area contributed by atoms with Gasteiger partial charge in [-0.1, -0.05) is 24.3 Å². The molecule has 0 spiro atoms. The van der Waals surface area contributed by atoms with E-state index in [-0.39, 0.29) is 36.5 Å². The molecule has 0 bridgehead atoms. The average Bonchev–Trinajstić information content (AvgIpc) is 3.05. The number of hydrogen-bond donors (Lipinski definition) is 3. The van der Waals surface area contributed by atoms with Gasteiger partial charge in [-0.3, -0.25) is 9.78 Å². The number of hydrogen-bond acceptors (Lipinski definition) is 8. The van der Waals surface area contributed by atoms with Crippen LogP contribution in [0.5, 0.6) is 0 Å². The lowest BCUT2D eigenvalue weighted by atomic mass is 9.85. The molecule has 13 heteroatoms. The standard InChI is InChI=1S/C32H36F3N5O5/c33-22-5-1-20(2-6-22)29(21-3-7-23(34)8-4-21)30(36)31(41)39-28-18-38-17-27(35)26(28)10-9-24-15-37-16-25(45-24)19-44-32(42)40-11-13-43-14-12-40/h1-8,17-18,24-25,29-30,37H,9-16,19,36H2,(H,39,41)/t24-,25+,30?/m1/s1. The smallest absolute Gasteiger partial charge is 0.410 e. The molecule has 1 unspecified atom stereocenters. The summed E-state index contributed by atoms with van der Waals surface area (Å²) in [7, 11) is 0. The zero-order valence-corrected chi connectivity index (χ0v) is 24.6. The summed E-state index contributed by atoms with van der Waals surface area (Å²) >= 11 is 0. The normalized spacial score (nSPS) is 19.3. The Kier molecular flexibility index (Phi) is 11.0. The van der Waals surface area contributed by atoms with Crippen LogP contribution in [0.15, 0.2) is 60.9 Å². The molecule has 45 heavy (non-hydrogen) atoms. The van der Waals surface area contributed by atoms with Crippen molar-refractivity contribution in [2.24, 2.45) is 5.73 Å². The van der Waals surface area contributed by atoms with Gasteiger partial charge in [-0.15, -0.1) is 0 Å². The van der Waals surface area contributed by atoms with Crippen LogP contribution in [-0.2, 0) is 25.4 Å². The van der Waals surface area contributed by atoms with Crippen molar-refractivity contribution in [2.75, 3.05) is 51.3 Å². The van der Waals surface area contributed by atoms with Gasteiger partial charge < -0.3 is 35.5 Å². The minimum atomic E-state index is -1.19. The second kappa shape index (κ2) is 15.3. The third kappa shape index (κ3) is 8.57. The molecule has 10 nitrogen and oxygen atoms in total. The molecule has 2 aliphatic rings. The highest BCUT2D eigenvalue weighted by Gasteiger charge is 2.30. The van der Waals surface area contributed by atoms with Crippen LogP contribution >= 0.6 is 0 Å². The van der Waals surface area contributed by atoms with Crippen molar-refractivity contribution >= 4 is 17.7 Å². The zero-order valence-electron chi connectivity index (χ0n) is 24.6. The summed E-state index contributed by atoms with van der Waals surface area (Å²) in [4.78, 5) is 31.3. The summed E-state index contributed by atoms with van der Waals surface area (Å²) in [5.74, 6) is -2.88. The summed E-state index contributed by atoms with van der Waals surface area (Å²) in [5, 5.41) is 5.97. The molecule has 3 atom stereocenters. The highest BCUT2D eigenvalue weighted by atomic mass is 19.1. The molecular weight excluding hydrogens is 591 g/mol. The lowest BCUT2D eigenvalue weighted by molar-refractivity contribution is -0.117. The van der Waals surface area contributed by atoms with Crippen LogP contribution in [0, 0.1) is 17.5 Å². The number of amides is 2. The lowest BCUT2D eigenvalue weighted by Gasteiger charge is -2.32. The van der Waals surface area contributed by atoms with Gasteiger partial charge in [-0.05, 0) is 48.2 Å². The number of rotatable bonds is 10. The maximum absolute atomic E-state index is 15.0. The number of nitrogens with one attached hydrogen (secondary N) is 2. The first-order valence-electron chi connectivity index (χ1n) is 14.8. The molecule has 0 radical (unpaired) electrons. The molecule has 2 saturated heterocycles. The Balaban J connectivity index is 1.22. The van der Waals surface area contributed by atoms with Crippen LogP contribution in [0.1, 0.15) is 29.0 Å². The van der Waals surface area contributed by atoms with Gasteiger partial charge in [0.15, 0.2) is 0 Å². The molecule has 0 saturated carbocycles. The number of anilines is 1. The fraction of sp³-hybridized carbons (Fsp3) is 0.406. The van der Waals surface area contributed by atoms with E-state index in [1.807, 2.05) is 0 Å². The number of nitrogens with zero attached hydrogens (tertiary/aromatic N) is 2. The second-order valence-electron chi connectivity index (χ2n) is 11.0. The van der Waals surface area contributed by atoms with Gasteiger partial charge in [-0.25, -0.2) is 18.0 Å². The maximum atomic E-state index is 15.0. The molecular formula is C32H36F3N5O5. The van der Waals surface area contributed by atoms with E-state index in [0.29, 0.717) is 56.9 Å². The van der Waals surface area contributed by atoms with Gasteiger partial charge in [0.2, 0.25) is 5.91 Å². The Labute approximate surface area is 259 Å². The largest absolute Gasteiger partial charge is 0.447 e. The number of morpholine rings is 2. The minimum absolute atomic E-state index is 0.0752. The monoisotopic (exact) mass is 627 g/mol. The molecule has 0 aliphatic carbocycles. The third-order valence-electron chi connectivity index (χ3n) is 7.89. The van der Waals surface area contributed by atoms with E-state index < -0.39 is 41.4 Å². The number of halogens is 3. The Morgan fingerprint density at radius 3 is 2.24 bits per heavy atom. The SMILES string of the molecule is NC(C(=O)Nc1cncc(F)c1CC[C@@H]1CNC[C@@H](COC(=O)N2CCOCC2)O1)C(c1ccc(F)cc1)c1ccc(F)cc1. The third-order valence-corrected chi connectivity index (χ3v) is 7.89. The topological polar surface area (TPSA) is 128 Å². The molecule has 2 fully saturated rings. The fourth-order valence-electron chi connectivity index (χ4n) is 5.49. The molecule has 1 aromatic heterocycles. The van der Waals surface area contributed by atoms with Crippen LogP contribution in [-0.4, -0.2) is 86.1 Å². The number of carbonyl (C=O) groups excluding carboxylic acids is 2. The Bertz CT molecular complexity index is 1390. The van der Waals surface area contributed by atoms with Gasteiger partial charge in [0.25, 0.3) is 0 Å². The van der Waals surface area contributed by atoms with Crippen LogP contribution in [0.2, 0.25) is 0 Å². The zero-order chi connectivity index (χ0) is 31.8. The van der Waals surface area contributed by atoms with Crippen molar-refractivity contribution in [2.45, 2.75) is 37.0 Å². The number of aromatic nitrogens is 1. The van der Waals surface area contributed by atoms with Gasteiger partial charge in [0, 0.05) is 37.7 Å². The molecule has 5 rings (SSSR count). The van der Waals surface area contributed by atoms with Crippen molar-refractivity contribution in [3.8, 4) is 0 Å². The predicted molar refractivity (Wildman–Crippen MR) is 159 cm³/mol. The van der Waals surface area contributed by atoms with Gasteiger partial charge in [0.1, 0.15) is 30.2 Å². The van der Waals surface area contributed by atoms with Crippen LogP contribution < -0.4 is 16.4 Å². The van der Waals surface area contributed by atoms with Gasteiger partial charge in [0.05, 0.1) is 43.4 Å². The van der Waals surface area contributed by atoms with E-state index in [1.54, 1.807) is 4.90 Å². The number of pyridine rings is 1. The van der Waals surface area contributed by atoms with E-state index in [4.69, 9.17) is 19.9 Å². The van der Waals surface area contributed by atoms with Crippen LogP contribution in [0.3, 0.4) is 0 Å². The quantitative estimate of drug-likeness (QED) is 0.313. The first-order chi connectivity index (χ1) is 21.8. The van der Waals surface area contributed by atoms with E-state index >= 15 is 4.39 Å².